The average molecular weight is 1510 g/mol. The number of likely N-dealkylation sites (tertiary alicyclic amines) is 2. The summed E-state index contributed by atoms with van der Waals surface area (Å²) in [4.78, 5) is 157. The SMILES string of the molecule is CC[C@H](C)[C@@H]([C@@H](CC(=O)N1CCC[C@H]1[C@H](OC)[C@@H](C)C(=O)N[C@@H](Cc1ccccc1)C(=O)NCc1ccc(NC(=O)[C@H](CCCCNC(N)=O)NC(=O)[C@@H](NC(=O)CCC(=O)N2CCC(C(=O)Oc3c(F)c(F)c(F)c(F)c3F)CC2C)C(C)C)cc1)OC)N(C)C(=O)[C@@H](NC(=O)[C@H](C(C)C)N(C)C)C(C)C. The van der Waals surface area contributed by atoms with Crippen molar-refractivity contribution in [3.8, 4) is 5.75 Å². The van der Waals surface area contributed by atoms with E-state index >= 15 is 0 Å². The third-order valence-corrected chi connectivity index (χ3v) is 20.1. The van der Waals surface area contributed by atoms with E-state index in [0.29, 0.717) is 49.9 Å². The molecule has 3 aromatic carbocycles. The number of hydrogen-bond donors (Lipinski definition) is 8. The minimum atomic E-state index is -2.42. The number of amides is 11. The van der Waals surface area contributed by atoms with Crippen LogP contribution in [-0.2, 0) is 70.4 Å². The number of benzene rings is 3. The van der Waals surface area contributed by atoms with Gasteiger partial charge in [-0.1, -0.05) is 111 Å². The zero-order chi connectivity index (χ0) is 79.8. The van der Waals surface area contributed by atoms with E-state index in [4.69, 9.17) is 15.2 Å². The second-order valence-corrected chi connectivity index (χ2v) is 29.2. The first-order valence-corrected chi connectivity index (χ1v) is 36.7. The number of primary amides is 1. The lowest BCUT2D eigenvalue weighted by molar-refractivity contribution is -0.148. The molecule has 0 bridgehead atoms. The molecule has 5 rings (SSSR count). The van der Waals surface area contributed by atoms with E-state index in [9.17, 15) is 74.7 Å². The van der Waals surface area contributed by atoms with Crippen LogP contribution in [0.4, 0.5) is 32.4 Å². The van der Waals surface area contributed by atoms with Gasteiger partial charge >= 0.3 is 12.0 Å². The molecule has 26 nitrogen and oxygen atoms in total. The number of methoxy groups -OCH3 is 2. The predicted molar refractivity (Wildman–Crippen MR) is 389 cm³/mol. The minimum Gasteiger partial charge on any atom is -0.420 e. The molecule has 0 saturated carbocycles. The summed E-state index contributed by atoms with van der Waals surface area (Å²) in [6.45, 7) is 18.7. The number of rotatable bonds is 39. The number of nitrogens with two attached hydrogens (primary N) is 1. The van der Waals surface area contributed by atoms with Crippen molar-refractivity contribution < 1.29 is 88.9 Å². The van der Waals surface area contributed by atoms with Gasteiger partial charge in [0.15, 0.2) is 0 Å². The number of hydrogen-bond acceptors (Lipinski definition) is 15. The Bertz CT molecular complexity index is 3500. The lowest BCUT2D eigenvalue weighted by Gasteiger charge is -2.41. The second kappa shape index (κ2) is 42.1. The van der Waals surface area contributed by atoms with Crippen LogP contribution in [0.2, 0.25) is 0 Å². The molecule has 0 aromatic heterocycles. The number of piperidine rings is 1. The first kappa shape index (κ1) is 88.8. The zero-order valence-electron chi connectivity index (χ0n) is 64.2. The highest BCUT2D eigenvalue weighted by Gasteiger charge is 2.45. The fourth-order valence-corrected chi connectivity index (χ4v) is 14.0. The maximum absolute atomic E-state index is 14.7. The molecule has 2 aliphatic heterocycles. The number of anilines is 1. The monoisotopic (exact) mass is 1510 g/mol. The smallest absolute Gasteiger partial charge is 0.314 e. The van der Waals surface area contributed by atoms with E-state index in [-0.39, 0.29) is 93.6 Å². The van der Waals surface area contributed by atoms with Crippen LogP contribution in [0.5, 0.6) is 5.75 Å². The molecule has 2 fully saturated rings. The van der Waals surface area contributed by atoms with E-state index < -0.39 is 167 Å². The highest BCUT2D eigenvalue weighted by Crippen LogP contribution is 2.34. The molecule has 2 heterocycles. The van der Waals surface area contributed by atoms with E-state index in [0.717, 1.165) is 5.56 Å². The Morgan fingerprint density at radius 2 is 1.24 bits per heavy atom. The maximum Gasteiger partial charge on any atom is 0.314 e. The summed E-state index contributed by atoms with van der Waals surface area (Å²) < 4.78 is 86.4. The summed E-state index contributed by atoms with van der Waals surface area (Å²) in [5.41, 5.74) is 6.92. The molecule has 9 N–H and O–H groups in total. The topological polar surface area (TPSA) is 339 Å². The Morgan fingerprint density at radius 3 is 1.80 bits per heavy atom. The lowest BCUT2D eigenvalue weighted by Crippen LogP contribution is -2.59. The summed E-state index contributed by atoms with van der Waals surface area (Å²) in [6, 6.07) is 8.29. The van der Waals surface area contributed by atoms with Crippen molar-refractivity contribution in [3.63, 3.8) is 0 Å². The summed E-state index contributed by atoms with van der Waals surface area (Å²) >= 11 is 0. The molecule has 11 amide bonds. The quantitative estimate of drug-likeness (QED) is 0.00728. The third kappa shape index (κ3) is 24.9. The highest BCUT2D eigenvalue weighted by atomic mass is 19.2. The van der Waals surface area contributed by atoms with Gasteiger partial charge in [-0.15, -0.1) is 0 Å². The fourth-order valence-electron chi connectivity index (χ4n) is 14.0. The minimum absolute atomic E-state index is 0.00639. The van der Waals surface area contributed by atoms with Gasteiger partial charge < -0.3 is 71.9 Å². The van der Waals surface area contributed by atoms with Crippen LogP contribution in [0.3, 0.4) is 0 Å². The van der Waals surface area contributed by atoms with E-state index in [1.807, 2.05) is 90.9 Å². The van der Waals surface area contributed by atoms with Crippen molar-refractivity contribution in [2.24, 2.45) is 41.2 Å². The maximum atomic E-state index is 14.7. The van der Waals surface area contributed by atoms with Crippen LogP contribution >= 0.6 is 0 Å². The van der Waals surface area contributed by atoms with Gasteiger partial charge in [0.1, 0.15) is 24.2 Å². The van der Waals surface area contributed by atoms with Gasteiger partial charge in [0.05, 0.1) is 48.6 Å². The average Bonchev–Trinajstić information content (AvgIpc) is 1.79. The van der Waals surface area contributed by atoms with Crippen LogP contribution < -0.4 is 47.7 Å². The van der Waals surface area contributed by atoms with E-state index in [2.05, 4.69) is 42.0 Å². The molecule has 2 unspecified atom stereocenters. The molecule has 31 heteroatoms. The number of nitrogens with zero attached hydrogens (tertiary/aromatic N) is 4. The molecule has 13 atom stereocenters. The number of unbranched alkanes of at least 4 members (excludes halogenated alkanes) is 1. The first-order valence-electron chi connectivity index (χ1n) is 36.7. The number of likely N-dealkylation sites (N-methyl/N-ethyl adjacent to an activating group) is 2. The molecule has 594 valence electrons. The van der Waals surface area contributed by atoms with Crippen molar-refractivity contribution in [2.45, 2.75) is 213 Å². The van der Waals surface area contributed by atoms with E-state index in [1.165, 1.54) is 19.1 Å². The van der Waals surface area contributed by atoms with Crippen molar-refractivity contribution in [1.82, 2.24) is 51.5 Å². The largest absolute Gasteiger partial charge is 0.420 e. The summed E-state index contributed by atoms with van der Waals surface area (Å²) in [5, 5.41) is 19.6. The standard InChI is InChI=1S/C76H111F5N12O14/c1-16-44(8)66(91(13)74(102)64(42(4)5)89-73(101)65(43(6)7)90(11)12)54(105-14)39-57(96)93-35-22-26-53(93)67(106-15)46(10)69(97)87-52(38-47-23-18-17-19-24-47)70(98)84-40-48-27-29-50(30-28-48)85-71(99)51(25-20-21-34-83-76(82)104)86-72(100)63(41(2)3)88-55(94)31-32-56(95)92-36-33-49(37-45(92)9)75(103)107-68-61(80)59(78)58(77)60(79)62(68)81/h17-19,23-24,27-30,41-46,49,51-54,63-67H,16,20-22,25-26,31-40H2,1-15H3,(H,84,98)(H,85,99)(H,86,100)(H,87,97)(H,88,94)(H,89,101)(H3,82,83,104)/t44-,45?,46+,49?,51-,52-,53-,54+,63-,64-,65-,66-,67+/m0/s1. The number of carbonyl (C=O) groups excluding carboxylic acids is 11. The van der Waals surface area contributed by atoms with Gasteiger partial charge in [-0.2, -0.15) is 8.78 Å². The molecule has 0 aliphatic carbocycles. The number of halogens is 5. The van der Waals surface area contributed by atoms with Crippen LogP contribution in [-0.4, -0.2) is 200 Å². The van der Waals surface area contributed by atoms with Crippen molar-refractivity contribution in [2.75, 3.05) is 60.3 Å². The zero-order valence-corrected chi connectivity index (χ0v) is 64.2. The number of carbonyl (C=O) groups is 11. The fraction of sp³-hybridized carbons (Fsp3) is 0.618. The van der Waals surface area contributed by atoms with Gasteiger partial charge in [-0.25, -0.2) is 18.0 Å². The molecule has 2 aliphatic rings. The Hall–Kier alpha value is -8.84. The predicted octanol–water partition coefficient (Wildman–Crippen LogP) is 6.79. The van der Waals surface area contributed by atoms with Crippen molar-refractivity contribution in [1.29, 1.82) is 0 Å². The second-order valence-electron chi connectivity index (χ2n) is 29.2. The molecular weight excluding hydrogens is 1400 g/mol. The van der Waals surface area contributed by atoms with Crippen LogP contribution in [0.25, 0.3) is 0 Å². The van der Waals surface area contributed by atoms with Crippen molar-refractivity contribution in [3.05, 3.63) is 94.8 Å². The first-order chi connectivity index (χ1) is 50.5. The van der Waals surface area contributed by atoms with Gasteiger partial charge in [-0.05, 0) is 113 Å². The number of esters is 1. The van der Waals surface area contributed by atoms with E-state index in [1.54, 1.807) is 68.8 Å². The summed E-state index contributed by atoms with van der Waals surface area (Å²) in [5.74, 6) is -21.9. The molecular formula is C76H111F5N12O14. The lowest BCUT2D eigenvalue weighted by atomic mass is 9.89. The van der Waals surface area contributed by atoms with Crippen LogP contribution in [0.1, 0.15) is 151 Å². The molecule has 107 heavy (non-hydrogen) atoms. The normalized spacial score (nSPS) is 18.0. The number of nitrogens with one attached hydrogen (secondary N) is 7. The molecule has 0 radical (unpaired) electrons. The summed E-state index contributed by atoms with van der Waals surface area (Å²) in [6.07, 6.45) is 0.0839. The summed E-state index contributed by atoms with van der Waals surface area (Å²) in [7, 11) is 8.32. The van der Waals surface area contributed by atoms with Gasteiger partial charge in [0, 0.05) is 78.4 Å². The molecule has 2 saturated heterocycles. The van der Waals surface area contributed by atoms with Crippen LogP contribution in [0.15, 0.2) is 54.6 Å². The van der Waals surface area contributed by atoms with Crippen molar-refractivity contribution >= 4 is 70.9 Å². The highest BCUT2D eigenvalue weighted by molar-refractivity contribution is 5.99. The molecule has 3 aromatic rings. The Morgan fingerprint density at radius 1 is 0.626 bits per heavy atom. The van der Waals surface area contributed by atoms with Gasteiger partial charge in [0.25, 0.3) is 0 Å². The van der Waals surface area contributed by atoms with Gasteiger partial charge in [-0.3, -0.25) is 52.8 Å². The van der Waals surface area contributed by atoms with Gasteiger partial charge in [0.2, 0.25) is 88.0 Å². The third-order valence-electron chi connectivity index (χ3n) is 20.1. The molecule has 0 spiro atoms. The number of ether oxygens (including phenoxy) is 3. The Labute approximate surface area is 624 Å². The number of urea groups is 1. The Balaban J connectivity index is 1.21. The Kier molecular flexibility index (Phi) is 34.9. The van der Waals surface area contributed by atoms with Crippen LogP contribution in [0, 0.1) is 64.6 Å².